The highest BCUT2D eigenvalue weighted by atomic mass is 35.5. The third kappa shape index (κ3) is 2.72. The fraction of sp³-hybridized carbons (Fsp3) is 0.357. The van der Waals surface area contributed by atoms with Gasteiger partial charge < -0.3 is 0 Å². The number of fused-ring (bicyclic) bond motifs is 1. The molecule has 1 nitrogen and oxygen atoms in total. The lowest BCUT2D eigenvalue weighted by molar-refractivity contribution is 0.924. The fourth-order valence-electron chi connectivity index (χ4n) is 2.11. The van der Waals surface area contributed by atoms with Gasteiger partial charge in [0.05, 0.1) is 5.52 Å². The van der Waals surface area contributed by atoms with Crippen molar-refractivity contribution in [2.45, 2.75) is 26.7 Å². The van der Waals surface area contributed by atoms with Crippen LogP contribution in [-0.2, 0) is 6.42 Å². The Bertz CT molecular complexity index is 549. The molecular formula is C14H15Cl2N. The van der Waals surface area contributed by atoms with E-state index in [0.717, 1.165) is 29.3 Å². The highest BCUT2D eigenvalue weighted by Crippen LogP contribution is 2.25. The molecule has 2 rings (SSSR count). The maximum Gasteiger partial charge on any atom is 0.132 e. The summed E-state index contributed by atoms with van der Waals surface area (Å²) in [6.07, 6.45) is 1.82. The molecule has 3 heteroatoms. The minimum atomic E-state index is 0.606. The van der Waals surface area contributed by atoms with Gasteiger partial charge in [-0.15, -0.1) is 11.6 Å². The number of nitrogens with zero attached hydrogens (tertiary/aromatic N) is 1. The summed E-state index contributed by atoms with van der Waals surface area (Å²) in [5.41, 5.74) is 4.51. The van der Waals surface area contributed by atoms with E-state index in [2.05, 4.69) is 37.0 Å². The van der Waals surface area contributed by atoms with Crippen molar-refractivity contribution in [2.24, 2.45) is 0 Å². The van der Waals surface area contributed by atoms with E-state index >= 15 is 0 Å². The minimum Gasteiger partial charge on any atom is -0.236 e. The van der Waals surface area contributed by atoms with Crippen molar-refractivity contribution in [3.05, 3.63) is 40.0 Å². The molecule has 0 fully saturated rings. The maximum atomic E-state index is 6.20. The third-order valence-corrected chi connectivity index (χ3v) is 3.45. The summed E-state index contributed by atoms with van der Waals surface area (Å²) in [6.45, 7) is 4.16. The second kappa shape index (κ2) is 5.24. The standard InChI is InChI=1S/C14H15Cl2N/c1-9-6-10(2)13-12(7-9)8-11(4-3-5-15)14(16)17-13/h6-8H,3-5H2,1-2H3. The van der Waals surface area contributed by atoms with Crippen LogP contribution in [0.3, 0.4) is 0 Å². The largest absolute Gasteiger partial charge is 0.236 e. The van der Waals surface area contributed by atoms with E-state index in [-0.39, 0.29) is 0 Å². The van der Waals surface area contributed by atoms with Gasteiger partial charge in [-0.25, -0.2) is 4.98 Å². The molecule has 0 spiro atoms. The van der Waals surface area contributed by atoms with Gasteiger partial charge in [-0.05, 0) is 49.9 Å². The molecule has 0 unspecified atom stereocenters. The van der Waals surface area contributed by atoms with Crippen LogP contribution >= 0.6 is 23.2 Å². The number of rotatable bonds is 3. The molecule has 0 aliphatic rings. The Kier molecular flexibility index (Phi) is 3.90. The van der Waals surface area contributed by atoms with E-state index in [1.165, 1.54) is 11.1 Å². The zero-order valence-corrected chi connectivity index (χ0v) is 11.6. The van der Waals surface area contributed by atoms with Crippen molar-refractivity contribution in [3.8, 4) is 0 Å². The quantitative estimate of drug-likeness (QED) is 0.582. The zero-order chi connectivity index (χ0) is 12.4. The first-order valence-corrected chi connectivity index (χ1v) is 6.65. The molecular weight excluding hydrogens is 253 g/mol. The number of aryl methyl sites for hydroxylation is 3. The van der Waals surface area contributed by atoms with Gasteiger partial charge in [0.15, 0.2) is 0 Å². The molecule has 1 aromatic heterocycles. The average Bonchev–Trinajstić information content (AvgIpc) is 2.27. The average molecular weight is 268 g/mol. The third-order valence-electron chi connectivity index (χ3n) is 2.86. The summed E-state index contributed by atoms with van der Waals surface area (Å²) in [7, 11) is 0. The fourth-order valence-corrected chi connectivity index (χ4v) is 2.47. The van der Waals surface area contributed by atoms with E-state index in [1.54, 1.807) is 0 Å². The Morgan fingerprint density at radius 2 is 1.94 bits per heavy atom. The number of hydrogen-bond acceptors (Lipinski definition) is 1. The summed E-state index contributed by atoms with van der Waals surface area (Å²) in [6, 6.07) is 6.41. The molecule has 0 bridgehead atoms. The number of aromatic nitrogens is 1. The SMILES string of the molecule is Cc1cc(C)c2nc(Cl)c(CCCCl)cc2c1. The Balaban J connectivity index is 2.55. The summed E-state index contributed by atoms with van der Waals surface area (Å²) in [5, 5.41) is 1.77. The Morgan fingerprint density at radius 3 is 2.65 bits per heavy atom. The Morgan fingerprint density at radius 1 is 1.18 bits per heavy atom. The van der Waals surface area contributed by atoms with Gasteiger partial charge in [-0.3, -0.25) is 0 Å². The Hall–Kier alpha value is -0.790. The van der Waals surface area contributed by atoms with Crippen LogP contribution in [0.4, 0.5) is 0 Å². The number of benzene rings is 1. The zero-order valence-electron chi connectivity index (χ0n) is 10.1. The number of halogens is 2. The van der Waals surface area contributed by atoms with E-state index in [4.69, 9.17) is 23.2 Å². The first kappa shape index (κ1) is 12.7. The van der Waals surface area contributed by atoms with Gasteiger partial charge in [0, 0.05) is 11.3 Å². The van der Waals surface area contributed by atoms with Gasteiger partial charge in [0.1, 0.15) is 5.15 Å². The van der Waals surface area contributed by atoms with Gasteiger partial charge >= 0.3 is 0 Å². The summed E-state index contributed by atoms with van der Waals surface area (Å²) < 4.78 is 0. The second-order valence-corrected chi connectivity index (χ2v) is 5.12. The number of pyridine rings is 1. The van der Waals surface area contributed by atoms with Crippen molar-refractivity contribution >= 4 is 34.1 Å². The van der Waals surface area contributed by atoms with Crippen LogP contribution in [0.1, 0.15) is 23.1 Å². The lowest BCUT2D eigenvalue weighted by Gasteiger charge is -2.08. The topological polar surface area (TPSA) is 12.9 Å². The van der Waals surface area contributed by atoms with Crippen LogP contribution in [0.25, 0.3) is 10.9 Å². The molecule has 17 heavy (non-hydrogen) atoms. The summed E-state index contributed by atoms with van der Waals surface area (Å²) >= 11 is 11.9. The normalized spacial score (nSPS) is 11.1. The number of hydrogen-bond donors (Lipinski definition) is 0. The van der Waals surface area contributed by atoms with E-state index < -0.39 is 0 Å². The molecule has 0 aliphatic heterocycles. The van der Waals surface area contributed by atoms with Gasteiger partial charge in [0.2, 0.25) is 0 Å². The smallest absolute Gasteiger partial charge is 0.132 e. The predicted octanol–water partition coefficient (Wildman–Crippen LogP) is 4.68. The van der Waals surface area contributed by atoms with Crippen molar-refractivity contribution in [1.82, 2.24) is 4.98 Å². The van der Waals surface area contributed by atoms with Gasteiger partial charge in [0.25, 0.3) is 0 Å². The van der Waals surface area contributed by atoms with Crippen molar-refractivity contribution < 1.29 is 0 Å². The highest BCUT2D eigenvalue weighted by molar-refractivity contribution is 6.30. The van der Waals surface area contributed by atoms with E-state index in [1.807, 2.05) is 0 Å². The van der Waals surface area contributed by atoms with Crippen LogP contribution in [0.15, 0.2) is 18.2 Å². The van der Waals surface area contributed by atoms with Gasteiger partial charge in [-0.1, -0.05) is 23.2 Å². The molecule has 0 amide bonds. The molecule has 0 atom stereocenters. The van der Waals surface area contributed by atoms with E-state index in [0.29, 0.717) is 11.0 Å². The first-order valence-electron chi connectivity index (χ1n) is 5.74. The lowest BCUT2D eigenvalue weighted by Crippen LogP contribution is -1.94. The Labute approximate surface area is 112 Å². The molecule has 0 radical (unpaired) electrons. The van der Waals surface area contributed by atoms with Crippen LogP contribution in [0.2, 0.25) is 5.15 Å². The minimum absolute atomic E-state index is 0.606. The van der Waals surface area contributed by atoms with Crippen molar-refractivity contribution in [2.75, 3.05) is 5.88 Å². The van der Waals surface area contributed by atoms with Crippen molar-refractivity contribution in [1.29, 1.82) is 0 Å². The molecule has 1 aromatic carbocycles. The molecule has 0 saturated carbocycles. The van der Waals surface area contributed by atoms with Crippen LogP contribution in [0, 0.1) is 13.8 Å². The predicted molar refractivity (Wildman–Crippen MR) is 75.3 cm³/mol. The number of alkyl halides is 1. The first-order chi connectivity index (χ1) is 8.11. The van der Waals surface area contributed by atoms with Gasteiger partial charge in [-0.2, -0.15) is 0 Å². The lowest BCUT2D eigenvalue weighted by atomic mass is 10.0. The molecule has 0 aliphatic carbocycles. The van der Waals surface area contributed by atoms with Crippen molar-refractivity contribution in [3.63, 3.8) is 0 Å². The second-order valence-electron chi connectivity index (χ2n) is 4.38. The molecule has 90 valence electrons. The molecule has 1 heterocycles. The maximum absolute atomic E-state index is 6.20. The molecule has 0 saturated heterocycles. The van der Waals surface area contributed by atoms with Crippen LogP contribution in [0.5, 0.6) is 0 Å². The molecule has 2 aromatic rings. The molecule has 0 N–H and O–H groups in total. The highest BCUT2D eigenvalue weighted by Gasteiger charge is 2.07. The monoisotopic (exact) mass is 267 g/mol. The van der Waals surface area contributed by atoms with Crippen LogP contribution < -0.4 is 0 Å². The van der Waals surface area contributed by atoms with Crippen LogP contribution in [-0.4, -0.2) is 10.9 Å². The van der Waals surface area contributed by atoms with E-state index in [9.17, 15) is 0 Å². The summed E-state index contributed by atoms with van der Waals surface area (Å²) in [5.74, 6) is 0.654. The summed E-state index contributed by atoms with van der Waals surface area (Å²) in [4.78, 5) is 4.49.